The van der Waals surface area contributed by atoms with Crippen LogP contribution in [0, 0.1) is 11.6 Å². The predicted molar refractivity (Wildman–Crippen MR) is 59.7 cm³/mol. The summed E-state index contributed by atoms with van der Waals surface area (Å²) in [6.45, 7) is 0.570. The summed E-state index contributed by atoms with van der Waals surface area (Å²) in [6, 6.07) is 3.36. The highest BCUT2D eigenvalue weighted by Gasteiger charge is 2.23. The van der Waals surface area contributed by atoms with E-state index in [-0.39, 0.29) is 5.56 Å². The van der Waals surface area contributed by atoms with E-state index < -0.39 is 17.7 Å². The molecule has 0 spiro atoms. The fraction of sp³-hybridized carbons (Fsp3) is 0.333. The molecule has 1 aliphatic heterocycles. The number of hydrogen-bond donors (Lipinski definition) is 2. The van der Waals surface area contributed by atoms with Crippen LogP contribution in [0.3, 0.4) is 0 Å². The maximum Gasteiger partial charge on any atom is 0.164 e. The number of nitrogens with two attached hydrogens (primary N) is 1. The molecule has 1 atom stereocenters. The first-order valence-electron chi connectivity index (χ1n) is 5.47. The molecule has 0 fully saturated rings. The zero-order valence-electron chi connectivity index (χ0n) is 9.25. The van der Waals surface area contributed by atoms with E-state index in [0.717, 1.165) is 18.9 Å². The largest absolute Gasteiger partial charge is 0.496 e. The number of rotatable bonds is 3. The van der Waals surface area contributed by atoms with E-state index in [1.807, 2.05) is 6.08 Å². The van der Waals surface area contributed by atoms with Crippen LogP contribution in [0.1, 0.15) is 24.4 Å². The Morgan fingerprint density at radius 2 is 2.18 bits per heavy atom. The highest BCUT2D eigenvalue weighted by molar-refractivity contribution is 5.28. The van der Waals surface area contributed by atoms with Crippen molar-refractivity contribution in [2.45, 2.75) is 18.9 Å². The zero-order valence-corrected chi connectivity index (χ0v) is 9.25. The second-order valence-corrected chi connectivity index (χ2v) is 3.84. The third kappa shape index (κ3) is 2.45. The van der Waals surface area contributed by atoms with Crippen molar-refractivity contribution in [2.24, 2.45) is 5.84 Å². The molecule has 1 unspecified atom stereocenters. The Bertz CT molecular complexity index is 435. The van der Waals surface area contributed by atoms with Gasteiger partial charge in [0.05, 0.1) is 6.61 Å². The van der Waals surface area contributed by atoms with Crippen LogP contribution in [0.4, 0.5) is 8.78 Å². The van der Waals surface area contributed by atoms with Gasteiger partial charge in [0.2, 0.25) is 0 Å². The third-order valence-electron chi connectivity index (χ3n) is 2.71. The Morgan fingerprint density at radius 3 is 2.82 bits per heavy atom. The van der Waals surface area contributed by atoms with Crippen molar-refractivity contribution in [2.75, 3.05) is 6.61 Å². The molecule has 3 N–H and O–H groups in total. The van der Waals surface area contributed by atoms with Crippen LogP contribution in [0.25, 0.3) is 0 Å². The molecule has 1 aromatic rings. The minimum atomic E-state index is -0.898. The van der Waals surface area contributed by atoms with Crippen molar-refractivity contribution in [3.8, 4) is 0 Å². The zero-order chi connectivity index (χ0) is 12.3. The maximum absolute atomic E-state index is 13.6. The lowest BCUT2D eigenvalue weighted by molar-refractivity contribution is 0.166. The Kier molecular flexibility index (Phi) is 3.71. The van der Waals surface area contributed by atoms with E-state index in [0.29, 0.717) is 12.4 Å². The van der Waals surface area contributed by atoms with E-state index >= 15 is 0 Å². The lowest BCUT2D eigenvalue weighted by atomic mass is 10.0. The van der Waals surface area contributed by atoms with Crippen molar-refractivity contribution < 1.29 is 13.5 Å². The van der Waals surface area contributed by atoms with Crippen LogP contribution in [-0.2, 0) is 4.74 Å². The van der Waals surface area contributed by atoms with Gasteiger partial charge in [0.15, 0.2) is 11.6 Å². The Labute approximate surface area is 98.2 Å². The van der Waals surface area contributed by atoms with Gasteiger partial charge in [-0.3, -0.25) is 5.84 Å². The van der Waals surface area contributed by atoms with Gasteiger partial charge >= 0.3 is 0 Å². The highest BCUT2D eigenvalue weighted by Crippen LogP contribution is 2.28. The van der Waals surface area contributed by atoms with Crippen LogP contribution >= 0.6 is 0 Å². The lowest BCUT2D eigenvalue weighted by Crippen LogP contribution is -2.31. The monoisotopic (exact) mass is 240 g/mol. The molecule has 17 heavy (non-hydrogen) atoms. The molecule has 2 rings (SSSR count). The molecule has 0 aliphatic carbocycles. The SMILES string of the molecule is NNC(C1=CCCCO1)c1cccc(F)c1F. The topological polar surface area (TPSA) is 47.3 Å². The van der Waals surface area contributed by atoms with Gasteiger partial charge in [-0.15, -0.1) is 0 Å². The van der Waals surface area contributed by atoms with Gasteiger partial charge in [-0.2, -0.15) is 0 Å². The van der Waals surface area contributed by atoms with Crippen LogP contribution in [-0.4, -0.2) is 6.61 Å². The van der Waals surface area contributed by atoms with E-state index in [9.17, 15) is 8.78 Å². The van der Waals surface area contributed by atoms with Gasteiger partial charge in [0.1, 0.15) is 11.8 Å². The Hall–Kier alpha value is -1.46. The van der Waals surface area contributed by atoms with Gasteiger partial charge in [-0.25, -0.2) is 14.2 Å². The minimum absolute atomic E-state index is 0.153. The summed E-state index contributed by atoms with van der Waals surface area (Å²) in [5.41, 5.74) is 2.61. The molecular weight excluding hydrogens is 226 g/mol. The van der Waals surface area contributed by atoms with E-state index in [2.05, 4.69) is 5.43 Å². The molecule has 0 amide bonds. The number of hydrogen-bond acceptors (Lipinski definition) is 3. The lowest BCUT2D eigenvalue weighted by Gasteiger charge is -2.23. The summed E-state index contributed by atoms with van der Waals surface area (Å²) >= 11 is 0. The van der Waals surface area contributed by atoms with Crippen LogP contribution in [0.2, 0.25) is 0 Å². The van der Waals surface area contributed by atoms with Crippen LogP contribution < -0.4 is 11.3 Å². The molecule has 0 bridgehead atoms. The number of ether oxygens (including phenoxy) is 1. The maximum atomic E-state index is 13.6. The standard InChI is InChI=1S/C12H14F2N2O/c13-9-5-3-4-8(11(9)14)12(16-15)10-6-1-2-7-17-10/h3-6,12,16H,1-2,7,15H2. The third-order valence-corrected chi connectivity index (χ3v) is 2.71. The number of benzene rings is 1. The van der Waals surface area contributed by atoms with Crippen LogP contribution in [0.15, 0.2) is 30.0 Å². The summed E-state index contributed by atoms with van der Waals surface area (Å²) in [4.78, 5) is 0. The Balaban J connectivity index is 2.34. The molecule has 0 aromatic heterocycles. The van der Waals surface area contributed by atoms with Crippen LogP contribution in [0.5, 0.6) is 0 Å². The summed E-state index contributed by atoms with van der Waals surface area (Å²) in [5.74, 6) is 4.15. The second kappa shape index (κ2) is 5.25. The molecule has 1 heterocycles. The van der Waals surface area contributed by atoms with Gasteiger partial charge < -0.3 is 4.74 Å². The predicted octanol–water partition coefficient (Wildman–Crippen LogP) is 2.16. The molecule has 5 heteroatoms. The van der Waals surface area contributed by atoms with Crippen molar-refractivity contribution in [1.29, 1.82) is 0 Å². The minimum Gasteiger partial charge on any atom is -0.496 e. The van der Waals surface area contributed by atoms with Crippen molar-refractivity contribution >= 4 is 0 Å². The first-order valence-corrected chi connectivity index (χ1v) is 5.47. The fourth-order valence-corrected chi connectivity index (χ4v) is 1.85. The molecule has 1 aromatic carbocycles. The summed E-state index contributed by atoms with van der Waals surface area (Å²) in [6.07, 6.45) is 3.62. The smallest absolute Gasteiger partial charge is 0.164 e. The quantitative estimate of drug-likeness (QED) is 0.628. The second-order valence-electron chi connectivity index (χ2n) is 3.84. The summed E-state index contributed by atoms with van der Waals surface area (Å²) in [5, 5.41) is 0. The number of allylic oxidation sites excluding steroid dienone is 1. The first-order chi connectivity index (χ1) is 8.24. The van der Waals surface area contributed by atoms with E-state index in [1.165, 1.54) is 12.1 Å². The van der Waals surface area contributed by atoms with Gasteiger partial charge in [0.25, 0.3) is 0 Å². The average molecular weight is 240 g/mol. The highest BCUT2D eigenvalue weighted by atomic mass is 19.2. The number of nitrogens with one attached hydrogen (secondary N) is 1. The molecule has 3 nitrogen and oxygen atoms in total. The van der Waals surface area contributed by atoms with Gasteiger partial charge in [-0.05, 0) is 25.0 Å². The van der Waals surface area contributed by atoms with Crippen molar-refractivity contribution in [3.05, 3.63) is 47.2 Å². The van der Waals surface area contributed by atoms with Gasteiger partial charge in [-0.1, -0.05) is 12.1 Å². The van der Waals surface area contributed by atoms with E-state index in [1.54, 1.807) is 0 Å². The summed E-state index contributed by atoms with van der Waals surface area (Å²) < 4.78 is 32.2. The average Bonchev–Trinajstić information content (AvgIpc) is 2.37. The normalized spacial score (nSPS) is 17.2. The molecule has 0 saturated heterocycles. The number of halogens is 2. The van der Waals surface area contributed by atoms with Crippen molar-refractivity contribution in [1.82, 2.24) is 5.43 Å². The fourth-order valence-electron chi connectivity index (χ4n) is 1.85. The molecular formula is C12H14F2N2O. The van der Waals surface area contributed by atoms with Gasteiger partial charge in [0, 0.05) is 5.56 Å². The Morgan fingerprint density at radius 1 is 1.35 bits per heavy atom. The molecule has 0 saturated carbocycles. The van der Waals surface area contributed by atoms with E-state index in [4.69, 9.17) is 10.6 Å². The molecule has 92 valence electrons. The molecule has 0 radical (unpaired) electrons. The number of hydrazine groups is 1. The van der Waals surface area contributed by atoms with Crippen molar-refractivity contribution in [3.63, 3.8) is 0 Å². The molecule has 1 aliphatic rings. The first kappa shape index (κ1) is 12.0. The summed E-state index contributed by atoms with van der Waals surface area (Å²) in [7, 11) is 0.